The Hall–Kier alpha value is -3.02. The fourth-order valence-electron chi connectivity index (χ4n) is 5.08. The van der Waals surface area contributed by atoms with E-state index in [1.54, 1.807) is 6.20 Å². The largest absolute Gasteiger partial charge is 0.355 e. The number of rotatable bonds is 6. The van der Waals surface area contributed by atoms with Crippen LogP contribution in [0.25, 0.3) is 11.4 Å². The molecule has 1 aromatic carbocycles. The van der Waals surface area contributed by atoms with Crippen molar-refractivity contribution in [2.45, 2.75) is 31.6 Å². The van der Waals surface area contributed by atoms with Gasteiger partial charge in [0.25, 0.3) is 0 Å². The molecular weight excluding hydrogens is 364 g/mol. The van der Waals surface area contributed by atoms with Gasteiger partial charge in [0.05, 0.1) is 11.8 Å². The number of aromatic nitrogens is 3. The van der Waals surface area contributed by atoms with E-state index >= 15 is 0 Å². The number of hydrogen-bond donors (Lipinski definition) is 1. The number of fused-ring (bicyclic) bond motifs is 2. The van der Waals surface area contributed by atoms with Crippen LogP contribution < -0.4 is 5.32 Å². The predicted octanol–water partition coefficient (Wildman–Crippen LogP) is 3.62. The van der Waals surface area contributed by atoms with Crippen molar-refractivity contribution < 1.29 is 9.32 Å². The molecule has 6 nitrogen and oxygen atoms in total. The van der Waals surface area contributed by atoms with E-state index in [2.05, 4.69) is 20.4 Å². The molecular formula is C23H24N4O2. The molecule has 6 heteroatoms. The van der Waals surface area contributed by atoms with Crippen molar-refractivity contribution in [1.29, 1.82) is 0 Å². The molecule has 0 spiro atoms. The summed E-state index contributed by atoms with van der Waals surface area (Å²) in [6.45, 7) is 0.593. The topological polar surface area (TPSA) is 80.9 Å². The van der Waals surface area contributed by atoms with Crippen LogP contribution in [0.2, 0.25) is 0 Å². The molecule has 2 saturated carbocycles. The third-order valence-corrected chi connectivity index (χ3v) is 6.38. The number of carbonyl (C=O) groups excluding carboxylic acids is 1. The molecule has 2 aliphatic carbocycles. The average Bonchev–Trinajstić information content (AvgIpc) is 3.51. The van der Waals surface area contributed by atoms with Crippen LogP contribution in [0.1, 0.15) is 36.8 Å². The van der Waals surface area contributed by atoms with Crippen LogP contribution in [0.15, 0.2) is 59.3 Å². The molecule has 1 N–H and O–H groups in total. The van der Waals surface area contributed by atoms with Crippen molar-refractivity contribution in [1.82, 2.24) is 20.4 Å². The fraction of sp³-hybridized carbons (Fsp3) is 0.391. The van der Waals surface area contributed by atoms with Gasteiger partial charge in [0.1, 0.15) is 0 Å². The van der Waals surface area contributed by atoms with Crippen molar-refractivity contribution >= 4 is 5.91 Å². The third kappa shape index (κ3) is 3.55. The first-order chi connectivity index (χ1) is 14.3. The molecule has 0 aliphatic heterocycles. The predicted molar refractivity (Wildman–Crippen MR) is 108 cm³/mol. The average molecular weight is 388 g/mol. The van der Waals surface area contributed by atoms with E-state index in [-0.39, 0.29) is 17.7 Å². The van der Waals surface area contributed by atoms with Crippen molar-refractivity contribution in [2.75, 3.05) is 6.54 Å². The molecule has 2 bridgehead atoms. The lowest BCUT2D eigenvalue weighted by molar-refractivity contribution is -0.127. The van der Waals surface area contributed by atoms with E-state index in [1.807, 2.05) is 48.5 Å². The second-order valence-corrected chi connectivity index (χ2v) is 8.07. The molecule has 29 heavy (non-hydrogen) atoms. The number of carbonyl (C=O) groups is 1. The summed E-state index contributed by atoms with van der Waals surface area (Å²) in [5, 5.41) is 7.31. The Kier molecular flexibility index (Phi) is 4.84. The summed E-state index contributed by atoms with van der Waals surface area (Å²) in [5.74, 6) is 2.12. The molecule has 2 aromatic heterocycles. The SMILES string of the molecule is O=C(NCCc1ccccn1)[C@H]1[C@H]2CC[C@H](C2)[C@@H]1c1nc(-c2ccccc2)no1. The number of benzene rings is 1. The van der Waals surface area contributed by atoms with Crippen LogP contribution in [0.3, 0.4) is 0 Å². The molecule has 2 aliphatic rings. The maximum absolute atomic E-state index is 13.1. The minimum absolute atomic E-state index is 0.0218. The molecule has 0 saturated heterocycles. The lowest BCUT2D eigenvalue weighted by Gasteiger charge is -2.27. The minimum atomic E-state index is -0.0819. The summed E-state index contributed by atoms with van der Waals surface area (Å²) in [4.78, 5) is 22.1. The van der Waals surface area contributed by atoms with Gasteiger partial charge >= 0.3 is 0 Å². The summed E-state index contributed by atoms with van der Waals surface area (Å²) in [7, 11) is 0. The zero-order valence-electron chi connectivity index (χ0n) is 16.2. The van der Waals surface area contributed by atoms with Crippen molar-refractivity contribution in [3.05, 3.63) is 66.3 Å². The number of amides is 1. The summed E-state index contributed by atoms with van der Waals surface area (Å²) in [6, 6.07) is 15.7. The van der Waals surface area contributed by atoms with Crippen LogP contribution in [0.4, 0.5) is 0 Å². The summed E-state index contributed by atoms with van der Waals surface area (Å²) >= 11 is 0. The highest BCUT2D eigenvalue weighted by molar-refractivity contribution is 5.80. The first-order valence-corrected chi connectivity index (χ1v) is 10.4. The highest BCUT2D eigenvalue weighted by Gasteiger charge is 2.53. The van der Waals surface area contributed by atoms with E-state index in [0.29, 0.717) is 30.1 Å². The fourth-order valence-corrected chi connectivity index (χ4v) is 5.08. The summed E-state index contributed by atoms with van der Waals surface area (Å²) < 4.78 is 5.66. The molecule has 5 rings (SSSR count). The molecule has 2 fully saturated rings. The molecule has 3 aromatic rings. The van der Waals surface area contributed by atoms with Gasteiger partial charge in [0, 0.05) is 30.4 Å². The van der Waals surface area contributed by atoms with Crippen molar-refractivity contribution in [2.24, 2.45) is 17.8 Å². The van der Waals surface area contributed by atoms with Gasteiger partial charge in [-0.2, -0.15) is 4.98 Å². The van der Waals surface area contributed by atoms with Gasteiger partial charge in [-0.3, -0.25) is 9.78 Å². The second-order valence-electron chi connectivity index (χ2n) is 8.07. The van der Waals surface area contributed by atoms with Gasteiger partial charge in [-0.25, -0.2) is 0 Å². The van der Waals surface area contributed by atoms with Gasteiger partial charge in [0.15, 0.2) is 0 Å². The smallest absolute Gasteiger partial charge is 0.231 e. The quantitative estimate of drug-likeness (QED) is 0.698. The van der Waals surface area contributed by atoms with E-state index in [0.717, 1.165) is 36.9 Å². The van der Waals surface area contributed by atoms with Gasteiger partial charge in [-0.1, -0.05) is 41.6 Å². The van der Waals surface area contributed by atoms with Crippen LogP contribution in [0, 0.1) is 17.8 Å². The summed E-state index contributed by atoms with van der Waals surface area (Å²) in [6.07, 6.45) is 5.83. The van der Waals surface area contributed by atoms with Crippen LogP contribution in [-0.4, -0.2) is 27.6 Å². The first kappa shape index (κ1) is 18.0. The Morgan fingerprint density at radius 2 is 1.90 bits per heavy atom. The third-order valence-electron chi connectivity index (χ3n) is 6.38. The first-order valence-electron chi connectivity index (χ1n) is 10.4. The molecule has 0 radical (unpaired) electrons. The standard InChI is InChI=1S/C23H24N4O2/c28-22(25-13-11-18-8-4-5-12-24-18)19-16-9-10-17(14-16)20(19)23-26-21(27-29-23)15-6-2-1-3-7-15/h1-8,12,16-17,19-20H,9-11,13-14H2,(H,25,28)/t16-,17+,19-,20-/m0/s1. The molecule has 0 unspecified atom stereocenters. The van der Waals surface area contributed by atoms with E-state index in [1.165, 1.54) is 0 Å². The monoisotopic (exact) mass is 388 g/mol. The normalized spacial score (nSPS) is 25.2. The van der Waals surface area contributed by atoms with Gasteiger partial charge in [-0.05, 0) is 43.2 Å². The van der Waals surface area contributed by atoms with Crippen LogP contribution >= 0.6 is 0 Å². The lowest BCUT2D eigenvalue weighted by Crippen LogP contribution is -2.38. The Balaban J connectivity index is 1.30. The molecule has 148 valence electrons. The van der Waals surface area contributed by atoms with Crippen molar-refractivity contribution in [3.63, 3.8) is 0 Å². The van der Waals surface area contributed by atoms with E-state index in [9.17, 15) is 4.79 Å². The number of nitrogens with one attached hydrogen (secondary N) is 1. The molecule has 1 amide bonds. The molecule has 4 atom stereocenters. The Labute approximate surface area is 169 Å². The molecule has 2 heterocycles. The Morgan fingerprint density at radius 1 is 1.07 bits per heavy atom. The van der Waals surface area contributed by atoms with Crippen LogP contribution in [-0.2, 0) is 11.2 Å². The zero-order chi connectivity index (χ0) is 19.6. The maximum Gasteiger partial charge on any atom is 0.231 e. The van der Waals surface area contributed by atoms with Gasteiger partial charge in [-0.15, -0.1) is 0 Å². The second kappa shape index (κ2) is 7.78. The lowest BCUT2D eigenvalue weighted by atomic mass is 9.78. The van der Waals surface area contributed by atoms with Crippen LogP contribution in [0.5, 0.6) is 0 Å². The van der Waals surface area contributed by atoms with Crippen molar-refractivity contribution in [3.8, 4) is 11.4 Å². The maximum atomic E-state index is 13.1. The van der Waals surface area contributed by atoms with Gasteiger partial charge in [0.2, 0.25) is 17.6 Å². The summed E-state index contributed by atoms with van der Waals surface area (Å²) in [5.41, 5.74) is 1.92. The van der Waals surface area contributed by atoms with Gasteiger partial charge < -0.3 is 9.84 Å². The minimum Gasteiger partial charge on any atom is -0.355 e. The highest BCUT2D eigenvalue weighted by Crippen LogP contribution is 2.56. The Morgan fingerprint density at radius 3 is 2.72 bits per heavy atom. The highest BCUT2D eigenvalue weighted by atomic mass is 16.5. The number of pyridine rings is 1. The van der Waals surface area contributed by atoms with E-state index in [4.69, 9.17) is 4.52 Å². The van der Waals surface area contributed by atoms with E-state index < -0.39 is 0 Å². The number of nitrogens with zero attached hydrogens (tertiary/aromatic N) is 3. The number of hydrogen-bond acceptors (Lipinski definition) is 5. The zero-order valence-corrected chi connectivity index (χ0v) is 16.2. The Bertz CT molecular complexity index is 973.